The molecule has 0 radical (unpaired) electrons. The Balaban J connectivity index is 1.71. The number of urea groups is 1. The summed E-state index contributed by atoms with van der Waals surface area (Å²) in [5.74, 6) is -0.252. The van der Waals surface area contributed by atoms with Crippen molar-refractivity contribution in [3.05, 3.63) is 68.7 Å². The zero-order valence-corrected chi connectivity index (χ0v) is 18.1. The van der Waals surface area contributed by atoms with Gasteiger partial charge in [0.15, 0.2) is 5.13 Å². The van der Waals surface area contributed by atoms with E-state index < -0.39 is 6.03 Å². The molecule has 0 spiro atoms. The Bertz CT molecular complexity index is 1070. The zero-order chi connectivity index (χ0) is 21.1. The van der Waals surface area contributed by atoms with Crippen LogP contribution in [0.2, 0.25) is 5.02 Å². The second-order valence-corrected chi connectivity index (χ2v) is 8.19. The van der Waals surface area contributed by atoms with Crippen molar-refractivity contribution in [1.82, 2.24) is 4.98 Å². The van der Waals surface area contributed by atoms with E-state index >= 15 is 0 Å². The molecule has 3 rings (SSSR count). The van der Waals surface area contributed by atoms with Crippen LogP contribution in [0.1, 0.15) is 32.1 Å². The van der Waals surface area contributed by atoms with E-state index in [0.717, 1.165) is 33.7 Å². The van der Waals surface area contributed by atoms with Gasteiger partial charge in [0.2, 0.25) is 0 Å². The summed E-state index contributed by atoms with van der Waals surface area (Å²) >= 11 is 7.04. The highest BCUT2D eigenvalue weighted by Crippen LogP contribution is 2.27. The first-order chi connectivity index (χ1) is 13.7. The molecule has 29 heavy (non-hydrogen) atoms. The molecule has 0 aliphatic heterocycles. The number of anilines is 3. The lowest BCUT2D eigenvalue weighted by molar-refractivity contribution is 0.102. The molecule has 8 heteroatoms. The highest BCUT2D eigenvalue weighted by molar-refractivity contribution is 7.17. The number of rotatable bonds is 4. The van der Waals surface area contributed by atoms with Crippen molar-refractivity contribution in [2.24, 2.45) is 0 Å². The molecule has 0 aliphatic carbocycles. The normalized spacial score (nSPS) is 10.5. The van der Waals surface area contributed by atoms with Gasteiger partial charge in [-0.15, -0.1) is 0 Å². The average Bonchev–Trinajstić information content (AvgIpc) is 2.98. The fourth-order valence-electron chi connectivity index (χ4n) is 3.03. The first-order valence-corrected chi connectivity index (χ1v) is 10.1. The fourth-order valence-corrected chi connectivity index (χ4v) is 4.08. The predicted molar refractivity (Wildman–Crippen MR) is 120 cm³/mol. The molecule has 3 aromatic rings. The number of thiazole rings is 1. The molecule has 0 saturated carbocycles. The van der Waals surface area contributed by atoms with Crippen molar-refractivity contribution in [2.45, 2.75) is 27.7 Å². The molecular formula is C21H21ClN4O2S. The Morgan fingerprint density at radius 3 is 2.31 bits per heavy atom. The summed E-state index contributed by atoms with van der Waals surface area (Å²) in [5.41, 5.74) is 5.04. The van der Waals surface area contributed by atoms with Gasteiger partial charge in [-0.2, -0.15) is 0 Å². The summed E-state index contributed by atoms with van der Waals surface area (Å²) in [5, 5.41) is 9.16. The van der Waals surface area contributed by atoms with Gasteiger partial charge < -0.3 is 10.6 Å². The summed E-state index contributed by atoms with van der Waals surface area (Å²) in [4.78, 5) is 29.7. The molecule has 3 N–H and O–H groups in total. The van der Waals surface area contributed by atoms with Crippen LogP contribution < -0.4 is 16.0 Å². The van der Waals surface area contributed by atoms with E-state index in [2.05, 4.69) is 20.9 Å². The fraction of sp³-hybridized carbons (Fsp3) is 0.190. The Morgan fingerprint density at radius 1 is 0.966 bits per heavy atom. The Kier molecular flexibility index (Phi) is 6.20. The van der Waals surface area contributed by atoms with Crippen LogP contribution in [0.15, 0.2) is 36.4 Å². The maximum Gasteiger partial charge on any atom is 0.325 e. The van der Waals surface area contributed by atoms with Gasteiger partial charge in [0.05, 0.1) is 5.69 Å². The number of benzene rings is 2. The number of carbonyl (C=O) groups is 2. The molecule has 0 saturated heterocycles. The topological polar surface area (TPSA) is 83.1 Å². The highest BCUT2D eigenvalue weighted by atomic mass is 35.5. The van der Waals surface area contributed by atoms with Gasteiger partial charge >= 0.3 is 6.03 Å². The number of aryl methyl sites for hydroxylation is 4. The molecule has 0 unspecified atom stereocenters. The van der Waals surface area contributed by atoms with Crippen LogP contribution in [0.5, 0.6) is 0 Å². The lowest BCUT2D eigenvalue weighted by Crippen LogP contribution is -2.19. The molecule has 2 aromatic carbocycles. The molecular weight excluding hydrogens is 408 g/mol. The lowest BCUT2D eigenvalue weighted by Gasteiger charge is -2.12. The molecule has 1 aromatic heterocycles. The summed E-state index contributed by atoms with van der Waals surface area (Å²) in [6.45, 7) is 7.68. The number of nitrogens with one attached hydrogen (secondary N) is 3. The summed E-state index contributed by atoms with van der Waals surface area (Å²) < 4.78 is 0. The largest absolute Gasteiger partial charge is 0.325 e. The van der Waals surface area contributed by atoms with E-state index in [0.29, 0.717) is 26.4 Å². The second-order valence-electron chi connectivity index (χ2n) is 6.75. The third-order valence-corrected chi connectivity index (χ3v) is 5.53. The quantitative estimate of drug-likeness (QED) is 0.481. The molecule has 0 atom stereocenters. The van der Waals surface area contributed by atoms with Crippen molar-refractivity contribution < 1.29 is 9.59 Å². The monoisotopic (exact) mass is 428 g/mol. The number of nitrogens with zero attached hydrogens (tertiary/aromatic N) is 1. The maximum absolute atomic E-state index is 12.8. The van der Waals surface area contributed by atoms with Crippen LogP contribution in [0.4, 0.5) is 21.3 Å². The van der Waals surface area contributed by atoms with Crippen LogP contribution in [0, 0.1) is 27.7 Å². The average molecular weight is 429 g/mol. The van der Waals surface area contributed by atoms with Crippen LogP contribution in [-0.2, 0) is 0 Å². The molecule has 0 aliphatic rings. The van der Waals surface area contributed by atoms with E-state index in [1.807, 2.05) is 32.9 Å². The van der Waals surface area contributed by atoms with Gasteiger partial charge in [0, 0.05) is 16.4 Å². The van der Waals surface area contributed by atoms with Crippen molar-refractivity contribution >= 4 is 51.4 Å². The Morgan fingerprint density at radius 2 is 1.66 bits per heavy atom. The maximum atomic E-state index is 12.8. The smallest absolute Gasteiger partial charge is 0.321 e. The summed E-state index contributed by atoms with van der Waals surface area (Å²) in [6.07, 6.45) is 0. The van der Waals surface area contributed by atoms with Crippen LogP contribution in [0.25, 0.3) is 0 Å². The summed E-state index contributed by atoms with van der Waals surface area (Å²) in [7, 11) is 0. The zero-order valence-electron chi connectivity index (χ0n) is 16.5. The first-order valence-electron chi connectivity index (χ1n) is 8.93. The Hall–Kier alpha value is -2.90. The second kappa shape index (κ2) is 8.63. The van der Waals surface area contributed by atoms with E-state index in [1.165, 1.54) is 0 Å². The van der Waals surface area contributed by atoms with Crippen molar-refractivity contribution in [1.29, 1.82) is 0 Å². The van der Waals surface area contributed by atoms with Crippen LogP contribution >= 0.6 is 22.9 Å². The van der Waals surface area contributed by atoms with Gasteiger partial charge in [-0.1, -0.05) is 46.7 Å². The number of hydrogen-bond donors (Lipinski definition) is 3. The van der Waals surface area contributed by atoms with Gasteiger partial charge in [-0.05, 0) is 57.0 Å². The van der Waals surface area contributed by atoms with Crippen molar-refractivity contribution in [3.63, 3.8) is 0 Å². The molecule has 6 nitrogen and oxygen atoms in total. The highest BCUT2D eigenvalue weighted by Gasteiger charge is 2.18. The Labute approximate surface area is 178 Å². The van der Waals surface area contributed by atoms with E-state index in [9.17, 15) is 9.59 Å². The lowest BCUT2D eigenvalue weighted by atomic mass is 10.1. The number of carbonyl (C=O) groups excluding carboxylic acids is 2. The third-order valence-electron chi connectivity index (χ3n) is 4.22. The molecule has 3 amide bonds. The molecule has 0 fully saturated rings. The van der Waals surface area contributed by atoms with Crippen LogP contribution in [-0.4, -0.2) is 16.9 Å². The van der Waals surface area contributed by atoms with Crippen molar-refractivity contribution in [2.75, 3.05) is 16.0 Å². The van der Waals surface area contributed by atoms with Crippen LogP contribution in [0.3, 0.4) is 0 Å². The number of aromatic nitrogens is 1. The minimum atomic E-state index is -0.460. The minimum Gasteiger partial charge on any atom is -0.321 e. The number of amides is 3. The van der Waals surface area contributed by atoms with E-state index in [-0.39, 0.29) is 5.91 Å². The van der Waals surface area contributed by atoms with Crippen molar-refractivity contribution in [3.8, 4) is 0 Å². The molecule has 0 bridgehead atoms. The van der Waals surface area contributed by atoms with Gasteiger partial charge in [0.1, 0.15) is 4.88 Å². The third kappa shape index (κ3) is 5.13. The molecule has 1 heterocycles. The standard InChI is InChI=1S/C21H21ClN4O2S/c1-11-8-12(2)17(13(3)9-11)25-19(27)18-14(4)23-21(29-18)26-20(28)24-16-7-5-6-15(22)10-16/h5-10H,1-4H3,(H,25,27)(H2,23,24,26,28). The first kappa shape index (κ1) is 20.8. The number of hydrogen-bond acceptors (Lipinski definition) is 4. The minimum absolute atomic E-state index is 0.252. The van der Waals surface area contributed by atoms with Gasteiger partial charge in [0.25, 0.3) is 5.91 Å². The van der Waals surface area contributed by atoms with E-state index in [4.69, 9.17) is 11.6 Å². The number of halogens is 1. The van der Waals surface area contributed by atoms with Gasteiger partial charge in [-0.25, -0.2) is 9.78 Å². The van der Waals surface area contributed by atoms with E-state index in [1.54, 1.807) is 31.2 Å². The summed E-state index contributed by atoms with van der Waals surface area (Å²) in [6, 6.07) is 10.4. The molecule has 150 valence electrons. The predicted octanol–water partition coefficient (Wildman–Crippen LogP) is 5.93. The van der Waals surface area contributed by atoms with Gasteiger partial charge in [-0.3, -0.25) is 10.1 Å². The SMILES string of the molecule is Cc1cc(C)c(NC(=O)c2sc(NC(=O)Nc3cccc(Cl)c3)nc2C)c(C)c1.